The van der Waals surface area contributed by atoms with Crippen molar-refractivity contribution in [2.45, 2.75) is 26.4 Å². The molecule has 1 heterocycles. The van der Waals surface area contributed by atoms with Gasteiger partial charge in [0.25, 0.3) is 5.17 Å². The lowest BCUT2D eigenvalue weighted by atomic mass is 10.1. The molecule has 2 rings (SSSR count). The molecule has 1 aromatic rings. The maximum atomic E-state index is 5.74. The van der Waals surface area contributed by atoms with E-state index >= 15 is 0 Å². The molecule has 1 atom stereocenters. The standard InChI is InChI=1S/C13H17NO2S/c1-9-5-10(2)7-12(6-9)15-8-11-3-4-14-13(17)16-11/h5-7,11H,3-4,8H2,1-2H3,(H,14,17). The average molecular weight is 251 g/mol. The van der Waals surface area contributed by atoms with E-state index in [9.17, 15) is 0 Å². The predicted molar refractivity (Wildman–Crippen MR) is 71.5 cm³/mol. The quantitative estimate of drug-likeness (QED) is 0.835. The van der Waals surface area contributed by atoms with E-state index < -0.39 is 0 Å². The van der Waals surface area contributed by atoms with E-state index in [4.69, 9.17) is 21.7 Å². The van der Waals surface area contributed by atoms with E-state index in [0.717, 1.165) is 18.7 Å². The minimum absolute atomic E-state index is 0.0598. The van der Waals surface area contributed by atoms with E-state index in [1.165, 1.54) is 11.1 Å². The molecule has 0 saturated carbocycles. The van der Waals surface area contributed by atoms with Crippen LogP contribution in [0.25, 0.3) is 0 Å². The van der Waals surface area contributed by atoms with E-state index in [1.54, 1.807) is 0 Å². The number of aryl methyl sites for hydroxylation is 2. The molecule has 0 aromatic heterocycles. The van der Waals surface area contributed by atoms with Crippen molar-refractivity contribution in [3.8, 4) is 5.75 Å². The van der Waals surface area contributed by atoms with Gasteiger partial charge in [-0.1, -0.05) is 6.07 Å². The minimum atomic E-state index is 0.0598. The fourth-order valence-electron chi connectivity index (χ4n) is 1.91. The Labute approximate surface area is 107 Å². The second kappa shape index (κ2) is 5.36. The van der Waals surface area contributed by atoms with Crippen molar-refractivity contribution < 1.29 is 9.47 Å². The van der Waals surface area contributed by atoms with Gasteiger partial charge in [0.2, 0.25) is 0 Å². The van der Waals surface area contributed by atoms with Crippen LogP contribution in [0.3, 0.4) is 0 Å². The lowest BCUT2D eigenvalue weighted by Crippen LogP contribution is -2.40. The molecule has 1 fully saturated rings. The third-order valence-corrected chi connectivity index (χ3v) is 2.88. The molecule has 4 heteroatoms. The molecule has 1 saturated heterocycles. The number of hydrogen-bond donors (Lipinski definition) is 1. The summed E-state index contributed by atoms with van der Waals surface area (Å²) in [5, 5.41) is 3.46. The van der Waals surface area contributed by atoms with Crippen LogP contribution in [0.15, 0.2) is 18.2 Å². The highest BCUT2D eigenvalue weighted by molar-refractivity contribution is 7.80. The Morgan fingerprint density at radius 3 is 2.71 bits per heavy atom. The topological polar surface area (TPSA) is 30.5 Å². The monoisotopic (exact) mass is 251 g/mol. The Hall–Kier alpha value is -1.29. The van der Waals surface area contributed by atoms with E-state index in [2.05, 4.69) is 25.2 Å². The normalized spacial score (nSPS) is 19.4. The van der Waals surface area contributed by atoms with Gasteiger partial charge in [-0.3, -0.25) is 0 Å². The van der Waals surface area contributed by atoms with Gasteiger partial charge >= 0.3 is 0 Å². The van der Waals surface area contributed by atoms with Gasteiger partial charge in [0.05, 0.1) is 0 Å². The van der Waals surface area contributed by atoms with Crippen LogP contribution >= 0.6 is 12.2 Å². The summed E-state index contributed by atoms with van der Waals surface area (Å²) in [6, 6.07) is 6.20. The first kappa shape index (κ1) is 12.2. The molecule has 0 radical (unpaired) electrons. The van der Waals surface area contributed by atoms with Gasteiger partial charge in [0, 0.05) is 13.0 Å². The lowest BCUT2D eigenvalue weighted by molar-refractivity contribution is 0.0956. The Balaban J connectivity index is 1.90. The summed E-state index contributed by atoms with van der Waals surface area (Å²) >= 11 is 4.97. The van der Waals surface area contributed by atoms with Gasteiger partial charge in [-0.2, -0.15) is 0 Å². The molecule has 1 aromatic carbocycles. The summed E-state index contributed by atoms with van der Waals surface area (Å²) in [6.07, 6.45) is 0.981. The second-order valence-corrected chi connectivity index (χ2v) is 4.75. The molecule has 17 heavy (non-hydrogen) atoms. The van der Waals surface area contributed by atoms with Crippen LogP contribution in [0.4, 0.5) is 0 Å². The maximum Gasteiger partial charge on any atom is 0.257 e. The minimum Gasteiger partial charge on any atom is -0.490 e. The number of nitrogens with one attached hydrogen (secondary N) is 1. The average Bonchev–Trinajstić information content (AvgIpc) is 2.25. The molecule has 1 aliphatic heterocycles. The van der Waals surface area contributed by atoms with Crippen molar-refractivity contribution in [2.75, 3.05) is 13.2 Å². The molecule has 0 spiro atoms. The molecule has 0 aliphatic carbocycles. The molecular weight excluding hydrogens is 234 g/mol. The number of rotatable bonds is 3. The number of benzene rings is 1. The first-order valence-corrected chi connectivity index (χ1v) is 6.20. The maximum absolute atomic E-state index is 5.74. The SMILES string of the molecule is Cc1cc(C)cc(OCC2CCNC(=S)O2)c1. The van der Waals surface area contributed by atoms with Crippen LogP contribution in [0.5, 0.6) is 5.75 Å². The highest BCUT2D eigenvalue weighted by Gasteiger charge is 2.17. The van der Waals surface area contributed by atoms with E-state index in [-0.39, 0.29) is 6.10 Å². The third-order valence-electron chi connectivity index (χ3n) is 2.64. The fourth-order valence-corrected chi connectivity index (χ4v) is 2.15. The van der Waals surface area contributed by atoms with Crippen LogP contribution in [-0.2, 0) is 4.74 Å². The third kappa shape index (κ3) is 3.60. The van der Waals surface area contributed by atoms with Crippen molar-refractivity contribution in [1.29, 1.82) is 0 Å². The number of hydrogen-bond acceptors (Lipinski definition) is 3. The summed E-state index contributed by atoms with van der Waals surface area (Å²) in [5.41, 5.74) is 2.42. The van der Waals surface area contributed by atoms with E-state index in [0.29, 0.717) is 11.8 Å². The molecule has 1 aliphatic rings. The molecule has 0 amide bonds. The summed E-state index contributed by atoms with van der Waals surface area (Å²) in [4.78, 5) is 0. The summed E-state index contributed by atoms with van der Waals surface area (Å²) in [7, 11) is 0. The highest BCUT2D eigenvalue weighted by atomic mass is 32.1. The van der Waals surface area contributed by atoms with Crippen molar-refractivity contribution in [1.82, 2.24) is 5.32 Å². The van der Waals surface area contributed by atoms with Gasteiger partial charge in [-0.05, 0) is 49.3 Å². The van der Waals surface area contributed by atoms with Crippen molar-refractivity contribution in [3.63, 3.8) is 0 Å². The molecule has 1 N–H and O–H groups in total. The van der Waals surface area contributed by atoms with Gasteiger partial charge in [-0.25, -0.2) is 0 Å². The first-order chi connectivity index (χ1) is 8.13. The van der Waals surface area contributed by atoms with Crippen LogP contribution in [0, 0.1) is 13.8 Å². The number of thiocarbonyl (C=S) groups is 1. The van der Waals surface area contributed by atoms with Gasteiger partial charge in [0.1, 0.15) is 18.5 Å². The van der Waals surface area contributed by atoms with Crippen LogP contribution in [0.1, 0.15) is 17.5 Å². The lowest BCUT2D eigenvalue weighted by Gasteiger charge is -2.25. The Morgan fingerprint density at radius 2 is 2.06 bits per heavy atom. The largest absolute Gasteiger partial charge is 0.490 e. The van der Waals surface area contributed by atoms with Crippen molar-refractivity contribution >= 4 is 17.4 Å². The summed E-state index contributed by atoms with van der Waals surface area (Å²) < 4.78 is 11.2. The van der Waals surface area contributed by atoms with Crippen molar-refractivity contribution in [2.24, 2.45) is 0 Å². The number of ether oxygens (including phenoxy) is 2. The van der Waals surface area contributed by atoms with Gasteiger partial charge < -0.3 is 14.8 Å². The zero-order chi connectivity index (χ0) is 12.3. The zero-order valence-electron chi connectivity index (χ0n) is 10.2. The van der Waals surface area contributed by atoms with Crippen LogP contribution < -0.4 is 10.1 Å². The Morgan fingerprint density at radius 1 is 1.35 bits per heavy atom. The predicted octanol–water partition coefficient (Wildman–Crippen LogP) is 2.35. The molecule has 0 bridgehead atoms. The first-order valence-electron chi connectivity index (χ1n) is 5.79. The molecule has 1 unspecified atom stereocenters. The second-order valence-electron chi connectivity index (χ2n) is 4.38. The molecule has 3 nitrogen and oxygen atoms in total. The van der Waals surface area contributed by atoms with Gasteiger partial charge in [-0.15, -0.1) is 0 Å². The zero-order valence-corrected chi connectivity index (χ0v) is 11.0. The molecular formula is C13H17NO2S. The van der Waals surface area contributed by atoms with Crippen molar-refractivity contribution in [3.05, 3.63) is 29.3 Å². The highest BCUT2D eigenvalue weighted by Crippen LogP contribution is 2.17. The van der Waals surface area contributed by atoms with E-state index in [1.807, 2.05) is 12.1 Å². The van der Waals surface area contributed by atoms with Gasteiger partial charge in [0.15, 0.2) is 0 Å². The van der Waals surface area contributed by atoms with Crippen LogP contribution in [0.2, 0.25) is 0 Å². The Kier molecular flexibility index (Phi) is 3.84. The summed E-state index contributed by atoms with van der Waals surface area (Å²) in [6.45, 7) is 5.54. The molecule has 92 valence electrons. The fraction of sp³-hybridized carbons (Fsp3) is 0.462. The van der Waals surface area contributed by atoms with Crippen LogP contribution in [-0.4, -0.2) is 24.4 Å². The summed E-state index contributed by atoms with van der Waals surface area (Å²) in [5.74, 6) is 0.899. The Bertz CT molecular complexity index is 400. The smallest absolute Gasteiger partial charge is 0.257 e.